The summed E-state index contributed by atoms with van der Waals surface area (Å²) in [6.45, 7) is 1.16. The largest absolute Gasteiger partial charge is 0.380 e. The van der Waals surface area contributed by atoms with Gasteiger partial charge in [-0.15, -0.1) is 0 Å². The van der Waals surface area contributed by atoms with Crippen LogP contribution >= 0.6 is 0 Å². The number of pyridine rings is 1. The van der Waals surface area contributed by atoms with E-state index in [4.69, 9.17) is 0 Å². The Balaban J connectivity index is 1.65. The van der Waals surface area contributed by atoms with Crippen LogP contribution in [0.2, 0.25) is 0 Å². The van der Waals surface area contributed by atoms with Crippen LogP contribution in [0.3, 0.4) is 0 Å². The van der Waals surface area contributed by atoms with E-state index in [1.54, 1.807) is 12.4 Å². The van der Waals surface area contributed by atoms with Crippen LogP contribution in [0.25, 0.3) is 0 Å². The maximum Gasteiger partial charge on any atom is 0.253 e. The number of aromatic nitrogens is 1. The van der Waals surface area contributed by atoms with Crippen LogP contribution in [0.15, 0.2) is 79.1 Å². The first kappa shape index (κ1) is 15.7. The van der Waals surface area contributed by atoms with Gasteiger partial charge in [-0.3, -0.25) is 9.78 Å². The Labute approximate surface area is 141 Å². The zero-order chi connectivity index (χ0) is 16.6. The van der Waals surface area contributed by atoms with E-state index in [-0.39, 0.29) is 5.91 Å². The van der Waals surface area contributed by atoms with E-state index in [9.17, 15) is 4.79 Å². The summed E-state index contributed by atoms with van der Waals surface area (Å²) in [5.74, 6) is -0.0864. The number of carbonyl (C=O) groups is 1. The number of anilines is 1. The predicted molar refractivity (Wildman–Crippen MR) is 95.6 cm³/mol. The van der Waals surface area contributed by atoms with Gasteiger partial charge in [0.25, 0.3) is 5.91 Å². The number of hydrogen-bond donors (Lipinski definition) is 2. The molecule has 3 rings (SSSR count). The molecule has 0 saturated carbocycles. The highest BCUT2D eigenvalue weighted by Crippen LogP contribution is 2.16. The van der Waals surface area contributed by atoms with Crippen LogP contribution in [0, 0.1) is 0 Å². The van der Waals surface area contributed by atoms with Crippen LogP contribution in [0.1, 0.15) is 21.5 Å². The molecule has 0 aliphatic rings. The Morgan fingerprint density at radius 2 is 1.46 bits per heavy atom. The summed E-state index contributed by atoms with van der Waals surface area (Å²) in [6.07, 6.45) is 3.52. The van der Waals surface area contributed by atoms with Crippen LogP contribution < -0.4 is 10.6 Å². The first-order valence-corrected chi connectivity index (χ1v) is 7.87. The number of amides is 1. The Kier molecular flexibility index (Phi) is 5.20. The fourth-order valence-electron chi connectivity index (χ4n) is 2.41. The molecule has 0 saturated heterocycles. The molecule has 4 nitrogen and oxygen atoms in total. The van der Waals surface area contributed by atoms with Gasteiger partial charge in [0, 0.05) is 31.2 Å². The van der Waals surface area contributed by atoms with Crippen molar-refractivity contribution in [2.75, 3.05) is 5.32 Å². The number of nitrogens with zero attached hydrogens (tertiary/aromatic N) is 1. The minimum absolute atomic E-state index is 0.0864. The minimum atomic E-state index is -0.0864. The summed E-state index contributed by atoms with van der Waals surface area (Å²) in [4.78, 5) is 16.5. The molecule has 0 radical (unpaired) electrons. The van der Waals surface area contributed by atoms with Gasteiger partial charge in [-0.1, -0.05) is 42.5 Å². The third-order valence-electron chi connectivity index (χ3n) is 3.70. The van der Waals surface area contributed by atoms with Gasteiger partial charge < -0.3 is 10.6 Å². The summed E-state index contributed by atoms with van der Waals surface area (Å²) in [6, 6.07) is 21.3. The molecule has 0 aliphatic heterocycles. The molecule has 2 N–H and O–H groups in total. The van der Waals surface area contributed by atoms with Gasteiger partial charge in [0.2, 0.25) is 0 Å². The molecule has 0 unspecified atom stereocenters. The summed E-state index contributed by atoms with van der Waals surface area (Å²) < 4.78 is 0. The van der Waals surface area contributed by atoms with Crippen molar-refractivity contribution in [1.29, 1.82) is 0 Å². The van der Waals surface area contributed by atoms with Crippen molar-refractivity contribution < 1.29 is 4.79 Å². The number of benzene rings is 2. The third kappa shape index (κ3) is 4.20. The Morgan fingerprint density at radius 1 is 0.792 bits per heavy atom. The lowest BCUT2D eigenvalue weighted by Gasteiger charge is -2.12. The molecular weight excluding hydrogens is 298 g/mol. The van der Waals surface area contributed by atoms with Gasteiger partial charge in [0.05, 0.1) is 5.56 Å². The average Bonchev–Trinajstić information content (AvgIpc) is 2.66. The van der Waals surface area contributed by atoms with E-state index in [1.807, 2.05) is 66.7 Å². The fraction of sp³-hybridized carbons (Fsp3) is 0.100. The standard InChI is InChI=1S/C20H19N3O/c24-20(23-15-16-6-2-1-3-7-16)18-8-4-5-9-19(18)22-14-17-10-12-21-13-11-17/h1-13,22H,14-15H2,(H,23,24). The second-order valence-electron chi connectivity index (χ2n) is 5.42. The SMILES string of the molecule is O=C(NCc1ccccc1)c1ccccc1NCc1ccncc1. The van der Waals surface area contributed by atoms with Gasteiger partial charge in [-0.05, 0) is 35.4 Å². The maximum atomic E-state index is 12.5. The van der Waals surface area contributed by atoms with Gasteiger partial charge in [0.1, 0.15) is 0 Å². The average molecular weight is 317 g/mol. The number of hydrogen-bond acceptors (Lipinski definition) is 3. The highest BCUT2D eigenvalue weighted by Gasteiger charge is 2.10. The molecule has 1 heterocycles. The number of para-hydroxylation sites is 1. The molecule has 1 amide bonds. The van der Waals surface area contributed by atoms with Gasteiger partial charge >= 0.3 is 0 Å². The zero-order valence-corrected chi connectivity index (χ0v) is 13.3. The second kappa shape index (κ2) is 7.92. The highest BCUT2D eigenvalue weighted by molar-refractivity contribution is 5.99. The van der Waals surface area contributed by atoms with Crippen molar-refractivity contribution in [2.24, 2.45) is 0 Å². The Bertz CT molecular complexity index is 788. The molecule has 0 bridgehead atoms. The lowest BCUT2D eigenvalue weighted by molar-refractivity contribution is 0.0951. The first-order valence-electron chi connectivity index (χ1n) is 7.87. The van der Waals surface area contributed by atoms with E-state index in [0.29, 0.717) is 18.7 Å². The molecule has 3 aromatic rings. The van der Waals surface area contributed by atoms with Crippen molar-refractivity contribution >= 4 is 11.6 Å². The molecule has 0 spiro atoms. The van der Waals surface area contributed by atoms with Crippen LogP contribution in [-0.2, 0) is 13.1 Å². The molecular formula is C20H19N3O. The van der Waals surface area contributed by atoms with E-state index in [0.717, 1.165) is 16.8 Å². The molecule has 1 aromatic heterocycles. The van der Waals surface area contributed by atoms with Crippen LogP contribution in [0.5, 0.6) is 0 Å². The number of nitrogens with one attached hydrogen (secondary N) is 2. The monoisotopic (exact) mass is 317 g/mol. The first-order chi connectivity index (χ1) is 11.8. The van der Waals surface area contributed by atoms with Gasteiger partial charge in [0.15, 0.2) is 0 Å². The quantitative estimate of drug-likeness (QED) is 0.730. The van der Waals surface area contributed by atoms with Crippen LogP contribution in [0.4, 0.5) is 5.69 Å². The topological polar surface area (TPSA) is 54.0 Å². The van der Waals surface area contributed by atoms with E-state index >= 15 is 0 Å². The van der Waals surface area contributed by atoms with Crippen LogP contribution in [-0.4, -0.2) is 10.9 Å². The van der Waals surface area contributed by atoms with Crippen molar-refractivity contribution in [3.8, 4) is 0 Å². The van der Waals surface area contributed by atoms with Gasteiger partial charge in [-0.2, -0.15) is 0 Å². The third-order valence-corrected chi connectivity index (χ3v) is 3.70. The summed E-state index contributed by atoms with van der Waals surface area (Å²) >= 11 is 0. The maximum absolute atomic E-state index is 12.5. The molecule has 120 valence electrons. The lowest BCUT2D eigenvalue weighted by Crippen LogP contribution is -2.23. The van der Waals surface area contributed by atoms with Crippen molar-refractivity contribution in [2.45, 2.75) is 13.1 Å². The minimum Gasteiger partial charge on any atom is -0.380 e. The molecule has 0 fully saturated rings. The molecule has 4 heteroatoms. The smallest absolute Gasteiger partial charge is 0.253 e. The summed E-state index contributed by atoms with van der Waals surface area (Å²) in [5, 5.41) is 6.28. The Morgan fingerprint density at radius 3 is 2.25 bits per heavy atom. The lowest BCUT2D eigenvalue weighted by atomic mass is 10.1. The van der Waals surface area contributed by atoms with E-state index in [2.05, 4.69) is 15.6 Å². The van der Waals surface area contributed by atoms with Gasteiger partial charge in [-0.25, -0.2) is 0 Å². The summed E-state index contributed by atoms with van der Waals surface area (Å²) in [5.41, 5.74) is 3.65. The predicted octanol–water partition coefficient (Wildman–Crippen LogP) is 3.62. The van der Waals surface area contributed by atoms with Crippen molar-refractivity contribution in [1.82, 2.24) is 10.3 Å². The highest BCUT2D eigenvalue weighted by atomic mass is 16.1. The molecule has 2 aromatic carbocycles. The van der Waals surface area contributed by atoms with E-state index in [1.165, 1.54) is 0 Å². The molecule has 24 heavy (non-hydrogen) atoms. The van der Waals surface area contributed by atoms with E-state index < -0.39 is 0 Å². The number of rotatable bonds is 6. The fourth-order valence-corrected chi connectivity index (χ4v) is 2.41. The molecule has 0 aliphatic carbocycles. The Hall–Kier alpha value is -3.14. The van der Waals surface area contributed by atoms with Crippen molar-refractivity contribution in [3.05, 3.63) is 95.8 Å². The van der Waals surface area contributed by atoms with Crippen molar-refractivity contribution in [3.63, 3.8) is 0 Å². The normalized spacial score (nSPS) is 10.2. The second-order valence-corrected chi connectivity index (χ2v) is 5.42. The summed E-state index contributed by atoms with van der Waals surface area (Å²) in [7, 11) is 0. The number of carbonyl (C=O) groups excluding carboxylic acids is 1. The molecule has 0 atom stereocenters. The zero-order valence-electron chi connectivity index (χ0n) is 13.3.